The van der Waals surface area contributed by atoms with Gasteiger partial charge in [0.2, 0.25) is 0 Å². The molecule has 110 valence electrons. The Hall–Kier alpha value is -1.64. The van der Waals surface area contributed by atoms with Gasteiger partial charge in [0.1, 0.15) is 0 Å². The van der Waals surface area contributed by atoms with Crippen molar-refractivity contribution >= 4 is 0 Å². The summed E-state index contributed by atoms with van der Waals surface area (Å²) in [6, 6.07) is 21.9. The Bertz CT molecular complexity index is 518. The van der Waals surface area contributed by atoms with Crippen molar-refractivity contribution in [3.63, 3.8) is 0 Å². The van der Waals surface area contributed by atoms with Crippen LogP contribution < -0.4 is 5.32 Å². The van der Waals surface area contributed by atoms with Gasteiger partial charge in [0, 0.05) is 19.1 Å². The fourth-order valence-electron chi connectivity index (χ4n) is 3.03. The summed E-state index contributed by atoms with van der Waals surface area (Å²) >= 11 is 0. The second-order valence-corrected chi connectivity index (χ2v) is 5.84. The summed E-state index contributed by atoms with van der Waals surface area (Å²) in [6.45, 7) is 4.53. The molecule has 0 spiro atoms. The highest BCUT2D eigenvalue weighted by atomic mass is 15.2. The van der Waals surface area contributed by atoms with E-state index >= 15 is 0 Å². The maximum Gasteiger partial charge on any atom is 0.0451 e. The highest BCUT2D eigenvalue weighted by molar-refractivity contribution is 5.20. The molecule has 1 atom stereocenters. The summed E-state index contributed by atoms with van der Waals surface area (Å²) in [4.78, 5) is 2.58. The summed E-state index contributed by atoms with van der Waals surface area (Å²) in [5.74, 6) is 0. The Morgan fingerprint density at radius 1 is 0.857 bits per heavy atom. The molecule has 1 saturated heterocycles. The quantitative estimate of drug-likeness (QED) is 0.869. The zero-order valence-electron chi connectivity index (χ0n) is 12.5. The molecule has 3 rings (SSSR count). The maximum absolute atomic E-state index is 3.74. The van der Waals surface area contributed by atoms with Gasteiger partial charge in [-0.2, -0.15) is 0 Å². The smallest absolute Gasteiger partial charge is 0.0451 e. The molecule has 0 unspecified atom stereocenters. The van der Waals surface area contributed by atoms with Crippen LogP contribution >= 0.6 is 0 Å². The lowest BCUT2D eigenvalue weighted by atomic mass is 10.1. The third kappa shape index (κ3) is 4.16. The van der Waals surface area contributed by atoms with Gasteiger partial charge in [0.25, 0.3) is 0 Å². The molecule has 0 bridgehead atoms. The summed E-state index contributed by atoms with van der Waals surface area (Å²) < 4.78 is 0. The fraction of sp³-hybridized carbons (Fsp3) is 0.368. The van der Waals surface area contributed by atoms with Gasteiger partial charge in [-0.25, -0.2) is 0 Å². The standard InChI is InChI=1S/C19H24N2/c1-3-9-17(10-4-1)15-20-19(16-21-13-7-8-14-21)18-11-5-2-6-12-18/h1-6,9-12,19-20H,7-8,13-16H2/t19-/m0/s1. The second-order valence-electron chi connectivity index (χ2n) is 5.84. The molecule has 1 fully saturated rings. The second kappa shape index (κ2) is 7.39. The van der Waals surface area contributed by atoms with E-state index in [4.69, 9.17) is 0 Å². The van der Waals surface area contributed by atoms with Crippen LogP contribution in [0.25, 0.3) is 0 Å². The predicted molar refractivity (Wildman–Crippen MR) is 88.1 cm³/mol. The van der Waals surface area contributed by atoms with E-state index in [1.165, 1.54) is 37.1 Å². The normalized spacial score (nSPS) is 17.0. The number of benzene rings is 2. The molecule has 1 N–H and O–H groups in total. The van der Waals surface area contributed by atoms with E-state index in [2.05, 4.69) is 70.9 Å². The first kappa shape index (κ1) is 14.3. The molecule has 2 aromatic rings. The van der Waals surface area contributed by atoms with E-state index < -0.39 is 0 Å². The van der Waals surface area contributed by atoms with Gasteiger partial charge >= 0.3 is 0 Å². The first-order valence-electron chi connectivity index (χ1n) is 7.96. The van der Waals surface area contributed by atoms with Crippen LogP contribution in [-0.4, -0.2) is 24.5 Å². The van der Waals surface area contributed by atoms with Crippen LogP contribution in [0.3, 0.4) is 0 Å². The van der Waals surface area contributed by atoms with Gasteiger partial charge in [-0.15, -0.1) is 0 Å². The van der Waals surface area contributed by atoms with Crippen molar-refractivity contribution in [2.45, 2.75) is 25.4 Å². The molecule has 0 aromatic heterocycles. The zero-order valence-corrected chi connectivity index (χ0v) is 12.5. The Labute approximate surface area is 127 Å². The maximum atomic E-state index is 3.74. The van der Waals surface area contributed by atoms with Crippen molar-refractivity contribution < 1.29 is 0 Å². The molecule has 0 amide bonds. The molecular formula is C19H24N2. The van der Waals surface area contributed by atoms with Gasteiger partial charge in [-0.3, -0.25) is 0 Å². The Morgan fingerprint density at radius 2 is 1.48 bits per heavy atom. The van der Waals surface area contributed by atoms with Crippen molar-refractivity contribution in [2.24, 2.45) is 0 Å². The minimum absolute atomic E-state index is 0.407. The number of nitrogens with one attached hydrogen (secondary N) is 1. The largest absolute Gasteiger partial charge is 0.305 e. The molecule has 2 aromatic carbocycles. The summed E-state index contributed by atoms with van der Waals surface area (Å²) in [5.41, 5.74) is 2.74. The highest BCUT2D eigenvalue weighted by Crippen LogP contribution is 2.18. The first-order valence-corrected chi connectivity index (χ1v) is 7.96. The molecule has 0 radical (unpaired) electrons. The molecule has 2 heteroatoms. The molecule has 1 heterocycles. The topological polar surface area (TPSA) is 15.3 Å². The van der Waals surface area contributed by atoms with Crippen LogP contribution in [-0.2, 0) is 6.54 Å². The van der Waals surface area contributed by atoms with Gasteiger partial charge in [0.05, 0.1) is 0 Å². The number of rotatable bonds is 6. The minimum Gasteiger partial charge on any atom is -0.305 e. The van der Waals surface area contributed by atoms with Crippen LogP contribution in [0.4, 0.5) is 0 Å². The molecule has 1 aliphatic heterocycles. The molecule has 2 nitrogen and oxygen atoms in total. The lowest BCUT2D eigenvalue weighted by Crippen LogP contribution is -2.33. The van der Waals surface area contributed by atoms with Crippen LogP contribution in [0, 0.1) is 0 Å². The monoisotopic (exact) mass is 280 g/mol. The van der Waals surface area contributed by atoms with Crippen molar-refractivity contribution in [1.82, 2.24) is 10.2 Å². The lowest BCUT2D eigenvalue weighted by molar-refractivity contribution is 0.291. The fourth-order valence-corrected chi connectivity index (χ4v) is 3.03. The predicted octanol–water partition coefficient (Wildman–Crippen LogP) is 3.61. The number of nitrogens with zero attached hydrogens (tertiary/aromatic N) is 1. The average molecular weight is 280 g/mol. The molecule has 0 aliphatic carbocycles. The number of hydrogen-bond acceptors (Lipinski definition) is 2. The van der Waals surface area contributed by atoms with Crippen LogP contribution in [0.1, 0.15) is 30.0 Å². The third-order valence-corrected chi connectivity index (χ3v) is 4.24. The van der Waals surface area contributed by atoms with E-state index in [-0.39, 0.29) is 0 Å². The van der Waals surface area contributed by atoms with Crippen LogP contribution in [0.5, 0.6) is 0 Å². The van der Waals surface area contributed by atoms with Gasteiger partial charge in [-0.05, 0) is 37.1 Å². The third-order valence-electron chi connectivity index (χ3n) is 4.24. The zero-order chi connectivity index (χ0) is 14.3. The highest BCUT2D eigenvalue weighted by Gasteiger charge is 2.18. The van der Waals surface area contributed by atoms with Crippen molar-refractivity contribution in [3.05, 3.63) is 71.8 Å². The van der Waals surface area contributed by atoms with Crippen molar-refractivity contribution in [3.8, 4) is 0 Å². The Balaban J connectivity index is 1.66. The van der Waals surface area contributed by atoms with Crippen LogP contribution in [0.2, 0.25) is 0 Å². The van der Waals surface area contributed by atoms with E-state index in [1.807, 2.05) is 0 Å². The molecular weight excluding hydrogens is 256 g/mol. The number of likely N-dealkylation sites (tertiary alicyclic amines) is 1. The summed E-state index contributed by atoms with van der Waals surface area (Å²) in [5, 5.41) is 3.74. The van der Waals surface area contributed by atoms with Gasteiger partial charge in [0.15, 0.2) is 0 Å². The summed E-state index contributed by atoms with van der Waals surface area (Å²) in [6.07, 6.45) is 2.69. The van der Waals surface area contributed by atoms with Gasteiger partial charge in [-0.1, -0.05) is 60.7 Å². The van der Waals surface area contributed by atoms with E-state index in [9.17, 15) is 0 Å². The van der Waals surface area contributed by atoms with E-state index in [1.54, 1.807) is 0 Å². The summed E-state index contributed by atoms with van der Waals surface area (Å²) in [7, 11) is 0. The van der Waals surface area contributed by atoms with Crippen LogP contribution in [0.15, 0.2) is 60.7 Å². The Morgan fingerprint density at radius 3 is 2.14 bits per heavy atom. The Kier molecular flexibility index (Phi) is 5.03. The first-order chi connectivity index (χ1) is 10.4. The minimum atomic E-state index is 0.407. The van der Waals surface area contributed by atoms with E-state index in [0.717, 1.165) is 13.1 Å². The van der Waals surface area contributed by atoms with E-state index in [0.29, 0.717) is 6.04 Å². The van der Waals surface area contributed by atoms with Gasteiger partial charge < -0.3 is 10.2 Å². The SMILES string of the molecule is c1ccc(CN[C@@H](CN2CCCC2)c2ccccc2)cc1. The molecule has 21 heavy (non-hydrogen) atoms. The van der Waals surface area contributed by atoms with Crippen molar-refractivity contribution in [1.29, 1.82) is 0 Å². The van der Waals surface area contributed by atoms with Crippen molar-refractivity contribution in [2.75, 3.05) is 19.6 Å². The molecule has 0 saturated carbocycles. The lowest BCUT2D eigenvalue weighted by Gasteiger charge is -2.25. The average Bonchev–Trinajstić information content (AvgIpc) is 3.06. The number of hydrogen-bond donors (Lipinski definition) is 1. The molecule has 1 aliphatic rings.